The van der Waals surface area contributed by atoms with E-state index in [1.54, 1.807) is 19.2 Å². The number of aromatic nitrogens is 1. The Bertz CT molecular complexity index is 458. The van der Waals surface area contributed by atoms with Gasteiger partial charge in [-0.3, -0.25) is 4.79 Å². The Morgan fingerprint density at radius 1 is 1.42 bits per heavy atom. The van der Waals surface area contributed by atoms with Gasteiger partial charge in [0.05, 0.1) is 0 Å². The lowest BCUT2D eigenvalue weighted by atomic mass is 9.99. The summed E-state index contributed by atoms with van der Waals surface area (Å²) in [4.78, 5) is 16.3. The lowest BCUT2D eigenvalue weighted by Crippen LogP contribution is -2.37. The van der Waals surface area contributed by atoms with Gasteiger partial charge in [0.25, 0.3) is 5.91 Å². The van der Waals surface area contributed by atoms with Gasteiger partial charge in [-0.15, -0.1) is 0 Å². The molecule has 4 nitrogen and oxygen atoms in total. The molecule has 0 aromatic carbocycles. The van der Waals surface area contributed by atoms with E-state index < -0.39 is 0 Å². The number of halogens is 1. The molecule has 0 aliphatic heterocycles. The Balaban J connectivity index is 2.04. The Kier molecular flexibility index (Phi) is 4.64. The summed E-state index contributed by atoms with van der Waals surface area (Å²) in [7, 11) is 1.75. The van der Waals surface area contributed by atoms with Crippen LogP contribution in [0.15, 0.2) is 12.1 Å². The normalized spacial score (nSPS) is 17.2. The first-order valence-corrected chi connectivity index (χ1v) is 7.14. The molecule has 19 heavy (non-hydrogen) atoms. The first-order valence-electron chi connectivity index (χ1n) is 6.76. The van der Waals surface area contributed by atoms with Crippen molar-refractivity contribution < 1.29 is 4.79 Å². The summed E-state index contributed by atoms with van der Waals surface area (Å²) in [5, 5.41) is 6.28. The third-order valence-electron chi connectivity index (χ3n) is 3.78. The van der Waals surface area contributed by atoms with Gasteiger partial charge in [-0.1, -0.05) is 24.4 Å². The zero-order valence-electron chi connectivity index (χ0n) is 11.4. The molecule has 2 rings (SSSR count). The van der Waals surface area contributed by atoms with Crippen molar-refractivity contribution in [1.29, 1.82) is 0 Å². The van der Waals surface area contributed by atoms with Crippen LogP contribution in [-0.4, -0.2) is 24.0 Å². The highest BCUT2D eigenvalue weighted by molar-refractivity contribution is 6.29. The number of rotatable bonds is 4. The molecule has 2 N–H and O–H groups in total. The number of nitrogens with zero attached hydrogens (tertiary/aromatic N) is 1. The molecule has 1 saturated carbocycles. The van der Waals surface area contributed by atoms with E-state index in [-0.39, 0.29) is 11.9 Å². The summed E-state index contributed by atoms with van der Waals surface area (Å²) in [6.07, 6.45) is 4.96. The summed E-state index contributed by atoms with van der Waals surface area (Å²) in [6, 6.07) is 3.52. The van der Waals surface area contributed by atoms with Crippen molar-refractivity contribution in [1.82, 2.24) is 10.3 Å². The Labute approximate surface area is 118 Å². The number of carbonyl (C=O) groups excluding carboxylic acids is 1. The maximum absolute atomic E-state index is 12.2. The van der Waals surface area contributed by atoms with Crippen LogP contribution in [0.4, 0.5) is 5.82 Å². The molecule has 1 aromatic rings. The molecule has 1 aliphatic carbocycles. The molecule has 5 heteroatoms. The van der Waals surface area contributed by atoms with E-state index in [1.807, 2.05) is 0 Å². The van der Waals surface area contributed by atoms with Gasteiger partial charge in [-0.05, 0) is 37.8 Å². The number of hydrogen-bond acceptors (Lipinski definition) is 3. The quantitative estimate of drug-likeness (QED) is 0.834. The molecule has 1 heterocycles. The molecule has 0 radical (unpaired) electrons. The standard InChI is InChI=1S/C14H20ClN3O/c1-9(10-5-3-4-6-10)17-14(19)11-7-12(15)18-13(8-11)16-2/h7-10H,3-6H2,1-2H3,(H,16,18)(H,17,19). The smallest absolute Gasteiger partial charge is 0.251 e. The summed E-state index contributed by atoms with van der Waals surface area (Å²) < 4.78 is 0. The molecule has 1 aliphatic rings. The highest BCUT2D eigenvalue weighted by Crippen LogP contribution is 2.27. The van der Waals surface area contributed by atoms with Gasteiger partial charge in [-0.2, -0.15) is 0 Å². The van der Waals surface area contributed by atoms with Crippen LogP contribution in [0, 0.1) is 5.92 Å². The number of amides is 1. The summed E-state index contributed by atoms with van der Waals surface area (Å²) >= 11 is 5.91. The van der Waals surface area contributed by atoms with Crippen molar-refractivity contribution in [2.75, 3.05) is 12.4 Å². The molecular weight excluding hydrogens is 262 g/mol. The molecule has 1 unspecified atom stereocenters. The van der Waals surface area contributed by atoms with Crippen molar-refractivity contribution in [2.24, 2.45) is 5.92 Å². The van der Waals surface area contributed by atoms with Crippen LogP contribution < -0.4 is 10.6 Å². The first-order chi connectivity index (χ1) is 9.10. The summed E-state index contributed by atoms with van der Waals surface area (Å²) in [5.74, 6) is 1.12. The number of carbonyl (C=O) groups is 1. The molecule has 1 fully saturated rings. The number of nitrogens with one attached hydrogen (secondary N) is 2. The van der Waals surface area contributed by atoms with Crippen LogP contribution >= 0.6 is 11.6 Å². The Morgan fingerprint density at radius 2 is 2.11 bits per heavy atom. The van der Waals surface area contributed by atoms with Gasteiger partial charge in [0.1, 0.15) is 11.0 Å². The van der Waals surface area contributed by atoms with Crippen LogP contribution in [0.1, 0.15) is 43.0 Å². The third kappa shape index (κ3) is 3.60. The highest BCUT2D eigenvalue weighted by Gasteiger charge is 2.23. The van der Waals surface area contributed by atoms with Crippen LogP contribution in [-0.2, 0) is 0 Å². The van der Waals surface area contributed by atoms with Crippen molar-refractivity contribution >= 4 is 23.3 Å². The van der Waals surface area contributed by atoms with Crippen LogP contribution in [0.25, 0.3) is 0 Å². The van der Waals surface area contributed by atoms with Gasteiger partial charge < -0.3 is 10.6 Å². The fourth-order valence-electron chi connectivity index (χ4n) is 2.62. The Morgan fingerprint density at radius 3 is 2.74 bits per heavy atom. The molecule has 0 saturated heterocycles. The van der Waals surface area contributed by atoms with Crippen LogP contribution in [0.2, 0.25) is 5.15 Å². The predicted octanol–water partition coefficient (Wildman–Crippen LogP) is 3.09. The highest BCUT2D eigenvalue weighted by atomic mass is 35.5. The zero-order chi connectivity index (χ0) is 13.8. The number of hydrogen-bond donors (Lipinski definition) is 2. The maximum Gasteiger partial charge on any atom is 0.251 e. The monoisotopic (exact) mass is 281 g/mol. The minimum Gasteiger partial charge on any atom is -0.373 e. The van der Waals surface area contributed by atoms with Gasteiger partial charge in [0, 0.05) is 18.7 Å². The number of pyridine rings is 1. The predicted molar refractivity (Wildman–Crippen MR) is 77.7 cm³/mol. The van der Waals surface area contributed by atoms with Crippen LogP contribution in [0.5, 0.6) is 0 Å². The molecule has 0 spiro atoms. The average molecular weight is 282 g/mol. The second kappa shape index (κ2) is 6.24. The topological polar surface area (TPSA) is 54.0 Å². The van der Waals surface area contributed by atoms with Crippen molar-refractivity contribution in [3.63, 3.8) is 0 Å². The van der Waals surface area contributed by atoms with Crippen molar-refractivity contribution in [3.05, 3.63) is 22.8 Å². The van der Waals surface area contributed by atoms with Crippen molar-refractivity contribution in [3.8, 4) is 0 Å². The largest absolute Gasteiger partial charge is 0.373 e. The molecule has 1 atom stereocenters. The summed E-state index contributed by atoms with van der Waals surface area (Å²) in [6.45, 7) is 2.08. The fourth-order valence-corrected chi connectivity index (χ4v) is 2.83. The Hall–Kier alpha value is -1.29. The average Bonchev–Trinajstić information content (AvgIpc) is 2.91. The van der Waals surface area contributed by atoms with Gasteiger partial charge in [-0.25, -0.2) is 4.98 Å². The maximum atomic E-state index is 12.2. The van der Waals surface area contributed by atoms with E-state index in [0.717, 1.165) is 0 Å². The lowest BCUT2D eigenvalue weighted by molar-refractivity contribution is 0.0927. The van der Waals surface area contributed by atoms with E-state index in [4.69, 9.17) is 11.6 Å². The third-order valence-corrected chi connectivity index (χ3v) is 3.97. The minimum absolute atomic E-state index is 0.0831. The van der Waals surface area contributed by atoms with Gasteiger partial charge >= 0.3 is 0 Å². The minimum atomic E-state index is -0.0831. The molecule has 1 amide bonds. The molecular formula is C14H20ClN3O. The van der Waals surface area contributed by atoms with E-state index in [0.29, 0.717) is 22.5 Å². The second-order valence-corrected chi connectivity index (χ2v) is 5.51. The summed E-state index contributed by atoms with van der Waals surface area (Å²) in [5.41, 5.74) is 0.550. The SMILES string of the molecule is CNc1cc(C(=O)NC(C)C2CCCC2)cc(Cl)n1. The molecule has 0 bridgehead atoms. The zero-order valence-corrected chi connectivity index (χ0v) is 12.1. The second-order valence-electron chi connectivity index (χ2n) is 5.12. The molecule has 104 valence electrons. The van der Waals surface area contributed by atoms with Gasteiger partial charge in [0.2, 0.25) is 0 Å². The van der Waals surface area contributed by atoms with E-state index >= 15 is 0 Å². The van der Waals surface area contributed by atoms with Gasteiger partial charge in [0.15, 0.2) is 0 Å². The fraction of sp³-hybridized carbons (Fsp3) is 0.571. The van der Waals surface area contributed by atoms with Crippen molar-refractivity contribution in [2.45, 2.75) is 38.6 Å². The van der Waals surface area contributed by atoms with E-state index in [2.05, 4.69) is 22.5 Å². The molecule has 1 aromatic heterocycles. The van der Waals surface area contributed by atoms with Crippen LogP contribution in [0.3, 0.4) is 0 Å². The number of anilines is 1. The van der Waals surface area contributed by atoms with E-state index in [9.17, 15) is 4.79 Å². The van der Waals surface area contributed by atoms with E-state index in [1.165, 1.54) is 25.7 Å². The lowest BCUT2D eigenvalue weighted by Gasteiger charge is -2.20. The first kappa shape index (κ1) is 14.1.